The van der Waals surface area contributed by atoms with Crippen LogP contribution in [0.1, 0.15) is 15.9 Å². The third-order valence-corrected chi connectivity index (χ3v) is 5.12. The number of sulfonamides is 1. The Morgan fingerprint density at radius 2 is 1.94 bits per heavy atom. The minimum atomic E-state index is -4.16. The molecule has 1 aromatic heterocycles. The van der Waals surface area contributed by atoms with Crippen LogP contribution in [0.15, 0.2) is 59.6 Å². The molecule has 0 fully saturated rings. The van der Waals surface area contributed by atoms with Gasteiger partial charge < -0.3 is 14.8 Å². The number of aromatic nitrogens is 2. The molecule has 0 radical (unpaired) electrons. The van der Waals surface area contributed by atoms with Crippen molar-refractivity contribution in [1.82, 2.24) is 9.78 Å². The molecule has 0 atom stereocenters. The van der Waals surface area contributed by atoms with E-state index in [2.05, 4.69) is 10.4 Å². The van der Waals surface area contributed by atoms with Crippen LogP contribution in [0.25, 0.3) is 5.69 Å². The van der Waals surface area contributed by atoms with Gasteiger partial charge in [0.2, 0.25) is 10.0 Å². The summed E-state index contributed by atoms with van der Waals surface area (Å²) < 4.78 is 34.6. The molecule has 0 aliphatic rings. The highest BCUT2D eigenvalue weighted by atomic mass is 32.2. The number of amides is 1. The lowest BCUT2D eigenvalue weighted by Crippen LogP contribution is -2.23. The van der Waals surface area contributed by atoms with Gasteiger partial charge in [-0.05, 0) is 30.3 Å². The number of nitrogens with zero attached hydrogens (tertiary/aromatic N) is 3. The van der Waals surface area contributed by atoms with E-state index in [1.165, 1.54) is 30.1 Å². The maximum atomic E-state index is 12.3. The monoisotopic (exact) mass is 455 g/mol. The number of rotatable bonds is 7. The second kappa shape index (κ2) is 9.29. The topological polar surface area (TPSA) is 166 Å². The number of hydrogen-bond acceptors (Lipinski definition) is 8. The molecule has 3 rings (SSSR count). The Balaban J connectivity index is 1.73. The number of para-hydroxylation sites is 1. The molecule has 0 spiro atoms. The van der Waals surface area contributed by atoms with Crippen LogP contribution in [0, 0.1) is 11.3 Å². The molecule has 0 saturated heterocycles. The first-order chi connectivity index (χ1) is 15.2. The molecule has 3 aromatic rings. The highest BCUT2D eigenvalue weighted by molar-refractivity contribution is 7.89. The molecular formula is C20H17N5O6S. The predicted molar refractivity (Wildman–Crippen MR) is 112 cm³/mol. The van der Waals surface area contributed by atoms with Crippen molar-refractivity contribution in [2.45, 2.75) is 4.90 Å². The van der Waals surface area contributed by atoms with Gasteiger partial charge in [-0.3, -0.25) is 4.79 Å². The summed E-state index contributed by atoms with van der Waals surface area (Å²) in [5.41, 5.74) is 0.575. The van der Waals surface area contributed by atoms with Crippen LogP contribution < -0.4 is 15.2 Å². The second-order valence-corrected chi connectivity index (χ2v) is 7.83. The van der Waals surface area contributed by atoms with E-state index in [-0.39, 0.29) is 22.7 Å². The van der Waals surface area contributed by atoms with E-state index < -0.39 is 33.4 Å². The van der Waals surface area contributed by atoms with E-state index in [9.17, 15) is 23.3 Å². The van der Waals surface area contributed by atoms with E-state index in [1.54, 1.807) is 30.3 Å². The molecular weight excluding hydrogens is 438 g/mol. The zero-order valence-corrected chi connectivity index (χ0v) is 17.5. The number of ether oxygens (including phenoxy) is 2. The van der Waals surface area contributed by atoms with Crippen molar-refractivity contribution >= 4 is 27.7 Å². The molecule has 0 saturated carbocycles. The molecule has 12 heteroatoms. The lowest BCUT2D eigenvalue weighted by atomic mass is 10.2. The van der Waals surface area contributed by atoms with Crippen molar-refractivity contribution in [3.63, 3.8) is 0 Å². The maximum absolute atomic E-state index is 12.3. The average Bonchev–Trinajstić information content (AvgIpc) is 3.19. The Morgan fingerprint density at radius 1 is 1.22 bits per heavy atom. The normalized spacial score (nSPS) is 10.8. The molecule has 0 unspecified atom stereocenters. The van der Waals surface area contributed by atoms with E-state index in [1.807, 2.05) is 6.07 Å². The number of primary sulfonamides is 1. The van der Waals surface area contributed by atoms with Gasteiger partial charge in [0.1, 0.15) is 22.3 Å². The minimum Gasteiger partial charge on any atom is -0.495 e. The Kier molecular flexibility index (Phi) is 6.53. The molecule has 11 nitrogen and oxygen atoms in total. The molecule has 0 aliphatic carbocycles. The summed E-state index contributed by atoms with van der Waals surface area (Å²) in [4.78, 5) is 24.2. The molecule has 3 N–H and O–H groups in total. The molecule has 1 heterocycles. The third kappa shape index (κ3) is 4.91. The third-order valence-electron chi connectivity index (χ3n) is 4.19. The SMILES string of the molecule is COc1ccc(C(=O)OCC(=O)Nc2c(C#N)cnn2-c2ccccc2)cc1S(N)(=O)=O. The fraction of sp³-hybridized carbons (Fsp3) is 0.100. The Bertz CT molecular complexity index is 1310. The average molecular weight is 455 g/mol. The van der Waals surface area contributed by atoms with Gasteiger partial charge in [-0.25, -0.2) is 23.0 Å². The number of nitrogens with two attached hydrogens (primary N) is 1. The van der Waals surface area contributed by atoms with Crippen molar-refractivity contribution in [2.75, 3.05) is 19.0 Å². The van der Waals surface area contributed by atoms with Crippen LogP contribution in [-0.2, 0) is 19.6 Å². The number of hydrogen-bond donors (Lipinski definition) is 2. The van der Waals surface area contributed by atoms with Crippen LogP contribution in [0.2, 0.25) is 0 Å². The van der Waals surface area contributed by atoms with Gasteiger partial charge in [-0.15, -0.1) is 0 Å². The largest absolute Gasteiger partial charge is 0.495 e. The zero-order chi connectivity index (χ0) is 23.3. The summed E-state index contributed by atoms with van der Waals surface area (Å²) in [6.07, 6.45) is 1.29. The quantitative estimate of drug-likeness (QED) is 0.501. The maximum Gasteiger partial charge on any atom is 0.338 e. The number of methoxy groups -OCH3 is 1. The first-order valence-corrected chi connectivity index (χ1v) is 10.5. The van der Waals surface area contributed by atoms with Gasteiger partial charge in [0.25, 0.3) is 5.91 Å². The van der Waals surface area contributed by atoms with Crippen LogP contribution in [-0.4, -0.2) is 43.8 Å². The van der Waals surface area contributed by atoms with Gasteiger partial charge >= 0.3 is 5.97 Å². The minimum absolute atomic E-state index is 0.0417. The first kappa shape index (κ1) is 22.5. The standard InChI is InChI=1S/C20H17N5O6S/c1-30-16-8-7-13(9-17(16)32(22,28)29)20(27)31-12-18(26)24-19-14(10-21)11-23-25(19)15-5-3-2-4-6-15/h2-9,11H,12H2,1H3,(H,24,26)(H2,22,28,29). The molecule has 0 aliphatic heterocycles. The Labute approximate surface area is 183 Å². The van der Waals surface area contributed by atoms with E-state index in [0.29, 0.717) is 5.69 Å². The van der Waals surface area contributed by atoms with Crippen LogP contribution in [0.5, 0.6) is 5.75 Å². The van der Waals surface area contributed by atoms with Crippen molar-refractivity contribution in [3.05, 3.63) is 65.9 Å². The molecule has 2 aromatic carbocycles. The van der Waals surface area contributed by atoms with Crippen molar-refractivity contribution < 1.29 is 27.5 Å². The first-order valence-electron chi connectivity index (χ1n) is 8.96. The number of nitrogens with one attached hydrogen (secondary N) is 1. The number of carbonyl (C=O) groups excluding carboxylic acids is 2. The Morgan fingerprint density at radius 3 is 2.56 bits per heavy atom. The highest BCUT2D eigenvalue weighted by Crippen LogP contribution is 2.24. The fourth-order valence-electron chi connectivity index (χ4n) is 2.72. The highest BCUT2D eigenvalue weighted by Gasteiger charge is 2.20. The fourth-order valence-corrected chi connectivity index (χ4v) is 3.45. The van der Waals surface area contributed by atoms with Gasteiger partial charge in [-0.2, -0.15) is 10.4 Å². The molecule has 164 valence electrons. The number of carbonyl (C=O) groups is 2. The number of nitriles is 1. The van der Waals surface area contributed by atoms with E-state index in [4.69, 9.17) is 14.6 Å². The summed E-state index contributed by atoms with van der Waals surface area (Å²) in [6, 6.07) is 14.2. The number of benzene rings is 2. The smallest absolute Gasteiger partial charge is 0.338 e. The number of anilines is 1. The summed E-state index contributed by atoms with van der Waals surface area (Å²) in [5.74, 6) is -1.61. The second-order valence-electron chi connectivity index (χ2n) is 6.30. The zero-order valence-electron chi connectivity index (χ0n) is 16.7. The molecule has 32 heavy (non-hydrogen) atoms. The van der Waals surface area contributed by atoms with Crippen LogP contribution in [0.4, 0.5) is 5.82 Å². The van der Waals surface area contributed by atoms with Crippen molar-refractivity contribution in [2.24, 2.45) is 5.14 Å². The predicted octanol–water partition coefficient (Wildman–Crippen LogP) is 1.20. The van der Waals surface area contributed by atoms with Crippen molar-refractivity contribution in [3.8, 4) is 17.5 Å². The lowest BCUT2D eigenvalue weighted by Gasteiger charge is -2.11. The van der Waals surface area contributed by atoms with Crippen LogP contribution in [0.3, 0.4) is 0 Å². The van der Waals surface area contributed by atoms with Crippen molar-refractivity contribution in [1.29, 1.82) is 5.26 Å². The molecule has 0 bridgehead atoms. The summed E-state index contributed by atoms with van der Waals surface area (Å²) in [6.45, 7) is -0.694. The van der Waals surface area contributed by atoms with E-state index >= 15 is 0 Å². The summed E-state index contributed by atoms with van der Waals surface area (Å²) in [7, 11) is -2.91. The summed E-state index contributed by atoms with van der Waals surface area (Å²) in [5, 5.41) is 21.0. The van der Waals surface area contributed by atoms with Crippen LogP contribution >= 0.6 is 0 Å². The molecule has 1 amide bonds. The Hall–Kier alpha value is -4.21. The summed E-state index contributed by atoms with van der Waals surface area (Å²) >= 11 is 0. The van der Waals surface area contributed by atoms with Gasteiger partial charge in [0.05, 0.1) is 24.6 Å². The van der Waals surface area contributed by atoms with E-state index in [0.717, 1.165) is 6.07 Å². The van der Waals surface area contributed by atoms with Gasteiger partial charge in [-0.1, -0.05) is 18.2 Å². The van der Waals surface area contributed by atoms with Gasteiger partial charge in [0.15, 0.2) is 12.4 Å². The lowest BCUT2D eigenvalue weighted by molar-refractivity contribution is -0.119. The number of esters is 1. The van der Waals surface area contributed by atoms with Gasteiger partial charge in [0, 0.05) is 0 Å².